The fourth-order valence-electron chi connectivity index (χ4n) is 2.46. The van der Waals surface area contributed by atoms with Crippen molar-refractivity contribution >= 4 is 24.1 Å². The molecule has 3 atom stereocenters. The summed E-state index contributed by atoms with van der Waals surface area (Å²) in [5, 5.41) is 13.8. The molecule has 27 heavy (non-hydrogen) atoms. The van der Waals surface area contributed by atoms with E-state index in [2.05, 4.69) is 10.6 Å². The summed E-state index contributed by atoms with van der Waals surface area (Å²) in [5.74, 6) is -2.39. The third kappa shape index (κ3) is 8.35. The lowest BCUT2D eigenvalue weighted by Crippen LogP contribution is -2.45. The van der Waals surface area contributed by atoms with Gasteiger partial charge in [-0.05, 0) is 25.0 Å². The van der Waals surface area contributed by atoms with Gasteiger partial charge in [0.15, 0.2) is 6.23 Å². The van der Waals surface area contributed by atoms with Gasteiger partial charge in [0.25, 0.3) is 0 Å². The van der Waals surface area contributed by atoms with Crippen LogP contribution in [0.1, 0.15) is 33.6 Å². The molecule has 3 N–H and O–H groups in total. The van der Waals surface area contributed by atoms with E-state index in [1.165, 1.54) is 0 Å². The van der Waals surface area contributed by atoms with E-state index >= 15 is 0 Å². The minimum absolute atomic E-state index is 0.107. The maximum atomic E-state index is 12.4. The zero-order valence-corrected chi connectivity index (χ0v) is 15.7. The minimum atomic E-state index is -1.20. The van der Waals surface area contributed by atoms with Crippen LogP contribution >= 0.6 is 0 Å². The summed E-state index contributed by atoms with van der Waals surface area (Å²) in [6.45, 7) is 5.22. The van der Waals surface area contributed by atoms with Gasteiger partial charge in [-0.3, -0.25) is 14.4 Å². The van der Waals surface area contributed by atoms with Crippen LogP contribution < -0.4 is 15.4 Å². The normalized spacial score (nSPS) is 13.9. The standard InChI is InChI=1S/C19H26N2O6/c1-12(2)16(19(26)21-14(11-22)9-18(24)25)10-17(23)20-13(3)27-15-7-5-4-6-8-15/h4-8,11-14,16H,9-10H2,1-3H3,(H,20,23)(H,21,26)(H,24,25). The molecule has 0 saturated carbocycles. The number of hydrogen-bond acceptors (Lipinski definition) is 5. The Hall–Kier alpha value is -2.90. The third-order valence-corrected chi connectivity index (χ3v) is 3.85. The van der Waals surface area contributed by atoms with Crippen molar-refractivity contribution in [2.45, 2.75) is 45.9 Å². The van der Waals surface area contributed by atoms with E-state index in [-0.39, 0.29) is 18.2 Å². The smallest absolute Gasteiger partial charge is 0.305 e. The first-order valence-electron chi connectivity index (χ1n) is 8.71. The number of benzene rings is 1. The fraction of sp³-hybridized carbons (Fsp3) is 0.474. The molecule has 8 heteroatoms. The number of aliphatic carboxylic acids is 1. The molecule has 1 aromatic rings. The molecule has 0 aliphatic carbocycles. The van der Waals surface area contributed by atoms with Crippen LogP contribution in [-0.2, 0) is 19.2 Å². The number of rotatable bonds is 11. The highest BCUT2D eigenvalue weighted by molar-refractivity contribution is 5.88. The van der Waals surface area contributed by atoms with Crippen LogP contribution in [0.2, 0.25) is 0 Å². The van der Waals surface area contributed by atoms with Crippen LogP contribution in [0.25, 0.3) is 0 Å². The highest BCUT2D eigenvalue weighted by Crippen LogP contribution is 2.16. The van der Waals surface area contributed by atoms with Gasteiger partial charge in [0.1, 0.15) is 12.0 Å². The third-order valence-electron chi connectivity index (χ3n) is 3.85. The van der Waals surface area contributed by atoms with E-state index in [4.69, 9.17) is 9.84 Å². The number of nitrogens with one attached hydrogen (secondary N) is 2. The molecule has 1 rings (SSSR count). The number of ether oxygens (including phenoxy) is 1. The number of carboxylic acids is 1. The second-order valence-corrected chi connectivity index (χ2v) is 6.54. The molecule has 0 radical (unpaired) electrons. The van der Waals surface area contributed by atoms with Crippen molar-refractivity contribution in [1.29, 1.82) is 0 Å². The SMILES string of the molecule is CC(NC(=O)CC(C(=O)NC(C=O)CC(=O)O)C(C)C)Oc1ccccc1. The summed E-state index contributed by atoms with van der Waals surface area (Å²) in [5.41, 5.74) is 0. The van der Waals surface area contributed by atoms with Crippen molar-refractivity contribution in [3.8, 4) is 5.75 Å². The highest BCUT2D eigenvalue weighted by atomic mass is 16.5. The number of aldehydes is 1. The maximum absolute atomic E-state index is 12.4. The molecule has 3 unspecified atom stereocenters. The predicted octanol–water partition coefficient (Wildman–Crippen LogP) is 1.35. The summed E-state index contributed by atoms with van der Waals surface area (Å²) >= 11 is 0. The lowest BCUT2D eigenvalue weighted by molar-refractivity contribution is -0.139. The molecule has 0 fully saturated rings. The van der Waals surface area contributed by atoms with Crippen LogP contribution in [0.5, 0.6) is 5.75 Å². The van der Waals surface area contributed by atoms with Crippen molar-refractivity contribution < 1.29 is 29.0 Å². The molecule has 0 saturated heterocycles. The van der Waals surface area contributed by atoms with Gasteiger partial charge in [-0.2, -0.15) is 0 Å². The average molecular weight is 378 g/mol. The molecule has 1 aromatic carbocycles. The molecular formula is C19H26N2O6. The summed E-state index contributed by atoms with van der Waals surface area (Å²) < 4.78 is 5.57. The van der Waals surface area contributed by atoms with Gasteiger partial charge in [-0.1, -0.05) is 32.0 Å². The van der Waals surface area contributed by atoms with Crippen LogP contribution in [0.3, 0.4) is 0 Å². The van der Waals surface area contributed by atoms with E-state index in [1.807, 2.05) is 18.2 Å². The minimum Gasteiger partial charge on any atom is -0.481 e. The Bertz CT molecular complexity index is 647. The maximum Gasteiger partial charge on any atom is 0.305 e. The zero-order valence-electron chi connectivity index (χ0n) is 15.7. The first-order valence-corrected chi connectivity index (χ1v) is 8.71. The summed E-state index contributed by atoms with van der Waals surface area (Å²) in [6.07, 6.45) is -0.830. The number of hydrogen-bond donors (Lipinski definition) is 3. The monoisotopic (exact) mass is 378 g/mol. The largest absolute Gasteiger partial charge is 0.481 e. The van der Waals surface area contributed by atoms with Crippen molar-refractivity contribution in [3.63, 3.8) is 0 Å². The Morgan fingerprint density at radius 2 is 1.70 bits per heavy atom. The number of para-hydroxylation sites is 1. The molecule has 148 valence electrons. The Kier molecular flexibility index (Phi) is 8.98. The number of amides is 2. The van der Waals surface area contributed by atoms with Gasteiger partial charge in [-0.25, -0.2) is 0 Å². The second kappa shape index (κ2) is 10.9. The molecule has 0 aliphatic rings. The lowest BCUT2D eigenvalue weighted by atomic mass is 9.91. The van der Waals surface area contributed by atoms with Crippen molar-refractivity contribution in [1.82, 2.24) is 10.6 Å². The molecule has 0 bridgehead atoms. The average Bonchev–Trinajstić information content (AvgIpc) is 2.58. The highest BCUT2D eigenvalue weighted by Gasteiger charge is 2.28. The summed E-state index contributed by atoms with van der Waals surface area (Å²) in [7, 11) is 0. The number of carbonyl (C=O) groups is 4. The predicted molar refractivity (Wildman–Crippen MR) is 97.9 cm³/mol. The molecule has 0 spiro atoms. The van der Waals surface area contributed by atoms with Crippen LogP contribution in [0.15, 0.2) is 30.3 Å². The molecule has 0 aliphatic heterocycles. The van der Waals surface area contributed by atoms with Gasteiger partial charge >= 0.3 is 5.97 Å². The number of carboxylic acid groups (broad SMARTS) is 1. The van der Waals surface area contributed by atoms with Gasteiger partial charge in [0, 0.05) is 12.3 Å². The Morgan fingerprint density at radius 3 is 2.22 bits per heavy atom. The molecule has 8 nitrogen and oxygen atoms in total. The van der Waals surface area contributed by atoms with Crippen LogP contribution in [0.4, 0.5) is 0 Å². The lowest BCUT2D eigenvalue weighted by Gasteiger charge is -2.23. The first-order chi connectivity index (χ1) is 12.7. The molecule has 2 amide bonds. The van der Waals surface area contributed by atoms with Crippen molar-refractivity contribution in [3.05, 3.63) is 30.3 Å². The van der Waals surface area contributed by atoms with E-state index in [1.54, 1.807) is 32.9 Å². The Morgan fingerprint density at radius 1 is 1.07 bits per heavy atom. The topological polar surface area (TPSA) is 122 Å². The van der Waals surface area contributed by atoms with Gasteiger partial charge in [-0.15, -0.1) is 0 Å². The van der Waals surface area contributed by atoms with Crippen LogP contribution in [-0.4, -0.2) is 41.4 Å². The van der Waals surface area contributed by atoms with Gasteiger partial charge in [0.05, 0.1) is 12.5 Å². The van der Waals surface area contributed by atoms with E-state index in [0.717, 1.165) is 0 Å². The Labute approximate surface area is 158 Å². The van der Waals surface area contributed by atoms with Gasteiger partial charge in [0.2, 0.25) is 11.8 Å². The molecule has 0 aromatic heterocycles. The van der Waals surface area contributed by atoms with Crippen molar-refractivity contribution in [2.75, 3.05) is 0 Å². The molecular weight excluding hydrogens is 352 g/mol. The summed E-state index contributed by atoms with van der Waals surface area (Å²) in [4.78, 5) is 46.3. The first kappa shape index (κ1) is 22.1. The van der Waals surface area contributed by atoms with Crippen molar-refractivity contribution in [2.24, 2.45) is 11.8 Å². The van der Waals surface area contributed by atoms with E-state index in [9.17, 15) is 19.2 Å². The van der Waals surface area contributed by atoms with Crippen LogP contribution in [0, 0.1) is 11.8 Å². The summed E-state index contributed by atoms with van der Waals surface area (Å²) in [6, 6.07) is 7.86. The van der Waals surface area contributed by atoms with E-state index < -0.39 is 36.5 Å². The number of carbonyl (C=O) groups excluding carboxylic acids is 3. The van der Waals surface area contributed by atoms with E-state index in [0.29, 0.717) is 12.0 Å². The quantitative estimate of drug-likeness (QED) is 0.395. The van der Waals surface area contributed by atoms with Gasteiger partial charge < -0.3 is 25.3 Å². The fourth-order valence-corrected chi connectivity index (χ4v) is 2.46. The zero-order chi connectivity index (χ0) is 20.4. The Balaban J connectivity index is 2.61. The second-order valence-electron chi connectivity index (χ2n) is 6.54. The molecule has 0 heterocycles.